The van der Waals surface area contributed by atoms with E-state index in [2.05, 4.69) is 17.2 Å². The molecule has 0 aromatic heterocycles. The van der Waals surface area contributed by atoms with Gasteiger partial charge in [0.2, 0.25) is 5.91 Å². The van der Waals surface area contributed by atoms with Crippen molar-refractivity contribution in [2.75, 3.05) is 0 Å². The number of nitro groups is 1. The fourth-order valence-electron chi connectivity index (χ4n) is 3.15. The molecule has 1 unspecified atom stereocenters. The lowest BCUT2D eigenvalue weighted by atomic mass is 9.95. The maximum Gasteiger partial charge on any atom is 0.300 e. The maximum atomic E-state index is 13.4. The van der Waals surface area contributed by atoms with Crippen LogP contribution in [0.3, 0.4) is 0 Å². The van der Waals surface area contributed by atoms with Crippen LogP contribution in [0.15, 0.2) is 54.6 Å². The molecule has 0 spiro atoms. The number of hydrogen-bond donors (Lipinski definition) is 1. The molecule has 0 aliphatic carbocycles. The molecule has 1 atom stereocenters. The van der Waals surface area contributed by atoms with Crippen molar-refractivity contribution in [3.63, 3.8) is 0 Å². The van der Waals surface area contributed by atoms with Gasteiger partial charge in [0, 0.05) is 34.7 Å². The summed E-state index contributed by atoms with van der Waals surface area (Å²) in [6.45, 7) is 11.0. The average Bonchev–Trinajstić information content (AvgIpc) is 2.68. The zero-order chi connectivity index (χ0) is 24.1. The van der Waals surface area contributed by atoms with Gasteiger partial charge in [0.15, 0.2) is 0 Å². The highest BCUT2D eigenvalue weighted by molar-refractivity contribution is 5.98. The third kappa shape index (κ3) is 6.67. The van der Waals surface area contributed by atoms with Gasteiger partial charge in [0.1, 0.15) is 6.04 Å². The number of rotatable bonds is 4. The van der Waals surface area contributed by atoms with E-state index in [1.165, 1.54) is 29.2 Å². The molecule has 2 rings (SSSR count). The summed E-state index contributed by atoms with van der Waals surface area (Å²) in [7, 11) is 0. The minimum Gasteiger partial charge on any atom is -0.349 e. The van der Waals surface area contributed by atoms with Gasteiger partial charge in [-0.05, 0) is 71.4 Å². The molecule has 0 aliphatic heterocycles. The highest BCUT2D eigenvalue weighted by Crippen LogP contribution is 2.30. The zero-order valence-electron chi connectivity index (χ0n) is 19.3. The van der Waals surface area contributed by atoms with Crippen LogP contribution in [0.1, 0.15) is 58.7 Å². The van der Waals surface area contributed by atoms with E-state index in [0.29, 0.717) is 11.1 Å². The third-order valence-electron chi connectivity index (χ3n) is 4.45. The van der Waals surface area contributed by atoms with Crippen LogP contribution in [0.5, 0.6) is 0 Å². The second-order valence-electron chi connectivity index (χ2n) is 9.45. The van der Waals surface area contributed by atoms with Crippen LogP contribution in [0.2, 0.25) is 0 Å². The molecule has 2 aromatic carbocycles. The standard InChI is InChI=1S/C25H29N3O4/c1-24(2,3)26-23(30)22(19-13-15-20(16-14-19)28(31)32)27(25(4,5)6)21(29)17-12-18-10-8-7-9-11-18/h7-11,13-16,22H,1-6H3,(H,26,30). The number of nitro benzene ring substituents is 1. The zero-order valence-corrected chi connectivity index (χ0v) is 19.3. The van der Waals surface area contributed by atoms with Crippen molar-refractivity contribution < 1.29 is 14.5 Å². The monoisotopic (exact) mass is 435 g/mol. The first-order valence-electron chi connectivity index (χ1n) is 10.3. The number of carbonyl (C=O) groups excluding carboxylic acids is 2. The SMILES string of the molecule is CC(C)(C)NC(=O)C(c1ccc([N+](=O)[O-])cc1)N(C(=O)C#Cc1ccccc1)C(C)(C)C. The van der Waals surface area contributed by atoms with Crippen molar-refractivity contribution in [3.8, 4) is 11.8 Å². The number of amides is 2. The van der Waals surface area contributed by atoms with Gasteiger partial charge in [-0.2, -0.15) is 0 Å². The molecule has 7 nitrogen and oxygen atoms in total. The Morgan fingerprint density at radius 2 is 1.53 bits per heavy atom. The molecule has 168 valence electrons. The quantitative estimate of drug-likeness (QED) is 0.442. The van der Waals surface area contributed by atoms with Crippen molar-refractivity contribution in [1.82, 2.24) is 10.2 Å². The first-order chi connectivity index (χ1) is 14.8. The van der Waals surface area contributed by atoms with Crippen LogP contribution < -0.4 is 5.32 Å². The molecule has 7 heteroatoms. The summed E-state index contributed by atoms with van der Waals surface area (Å²) in [4.78, 5) is 38.6. The number of benzene rings is 2. The molecule has 2 amide bonds. The van der Waals surface area contributed by atoms with Gasteiger partial charge in [0.05, 0.1) is 4.92 Å². The summed E-state index contributed by atoms with van der Waals surface area (Å²) in [5.74, 6) is 4.59. The molecule has 0 bridgehead atoms. The molecule has 1 N–H and O–H groups in total. The van der Waals surface area contributed by atoms with Crippen molar-refractivity contribution in [2.24, 2.45) is 0 Å². The normalized spacial score (nSPS) is 12.2. The third-order valence-corrected chi connectivity index (χ3v) is 4.45. The Morgan fingerprint density at radius 1 is 0.969 bits per heavy atom. The van der Waals surface area contributed by atoms with Crippen molar-refractivity contribution in [3.05, 3.63) is 75.8 Å². The summed E-state index contributed by atoms with van der Waals surface area (Å²) < 4.78 is 0. The number of non-ortho nitro benzene ring substituents is 1. The van der Waals surface area contributed by atoms with E-state index >= 15 is 0 Å². The van der Waals surface area contributed by atoms with Gasteiger partial charge < -0.3 is 10.2 Å². The van der Waals surface area contributed by atoms with Crippen LogP contribution in [0.25, 0.3) is 0 Å². The van der Waals surface area contributed by atoms with Crippen molar-refractivity contribution in [2.45, 2.75) is 58.7 Å². The largest absolute Gasteiger partial charge is 0.349 e. The summed E-state index contributed by atoms with van der Waals surface area (Å²) in [6.07, 6.45) is 0. The minimum atomic E-state index is -1.02. The van der Waals surface area contributed by atoms with Gasteiger partial charge in [-0.25, -0.2) is 0 Å². The molecule has 0 aliphatic rings. The van der Waals surface area contributed by atoms with Crippen LogP contribution in [-0.2, 0) is 9.59 Å². The topological polar surface area (TPSA) is 92.5 Å². The first-order valence-corrected chi connectivity index (χ1v) is 10.3. The Balaban J connectivity index is 2.56. The molecule has 0 heterocycles. The lowest BCUT2D eigenvalue weighted by molar-refractivity contribution is -0.384. The lowest BCUT2D eigenvalue weighted by Gasteiger charge is -2.41. The van der Waals surface area contributed by atoms with Crippen molar-refractivity contribution >= 4 is 17.5 Å². The fraction of sp³-hybridized carbons (Fsp3) is 0.360. The predicted octanol–water partition coefficient (Wildman–Crippen LogP) is 4.23. The predicted molar refractivity (Wildman–Crippen MR) is 124 cm³/mol. The molecule has 0 radical (unpaired) electrons. The average molecular weight is 436 g/mol. The van der Waals surface area contributed by atoms with Gasteiger partial charge in [-0.3, -0.25) is 19.7 Å². The van der Waals surface area contributed by atoms with E-state index in [-0.39, 0.29) is 5.69 Å². The van der Waals surface area contributed by atoms with Crippen LogP contribution in [0.4, 0.5) is 5.69 Å². The van der Waals surface area contributed by atoms with Crippen LogP contribution in [-0.4, -0.2) is 32.7 Å². The summed E-state index contributed by atoms with van der Waals surface area (Å²) in [5, 5.41) is 14.0. The Labute approximate surface area is 189 Å². The number of carbonyl (C=O) groups is 2. The van der Waals surface area contributed by atoms with E-state index in [4.69, 9.17) is 0 Å². The minimum absolute atomic E-state index is 0.0961. The van der Waals surface area contributed by atoms with Gasteiger partial charge in [-0.1, -0.05) is 24.1 Å². The first kappa shape index (κ1) is 24.6. The molecular formula is C25H29N3O4. The smallest absolute Gasteiger partial charge is 0.300 e. The van der Waals surface area contributed by atoms with E-state index in [1.54, 1.807) is 12.1 Å². The highest BCUT2D eigenvalue weighted by atomic mass is 16.6. The molecule has 0 saturated carbocycles. The lowest BCUT2D eigenvalue weighted by Crippen LogP contribution is -2.54. The van der Waals surface area contributed by atoms with Gasteiger partial charge in [-0.15, -0.1) is 0 Å². The van der Waals surface area contributed by atoms with Gasteiger partial charge >= 0.3 is 0 Å². The van der Waals surface area contributed by atoms with Crippen LogP contribution >= 0.6 is 0 Å². The van der Waals surface area contributed by atoms with Crippen molar-refractivity contribution in [1.29, 1.82) is 0 Å². The fourth-order valence-corrected chi connectivity index (χ4v) is 3.15. The highest BCUT2D eigenvalue weighted by Gasteiger charge is 2.39. The molecule has 0 fully saturated rings. The summed E-state index contributed by atoms with van der Waals surface area (Å²) in [5.41, 5.74) is -0.258. The Hall–Kier alpha value is -3.66. The second kappa shape index (κ2) is 9.65. The van der Waals surface area contributed by atoms with E-state index in [9.17, 15) is 19.7 Å². The molecule has 0 saturated heterocycles. The second-order valence-corrected chi connectivity index (χ2v) is 9.45. The van der Waals surface area contributed by atoms with E-state index in [0.717, 1.165) is 0 Å². The maximum absolute atomic E-state index is 13.4. The summed E-state index contributed by atoms with van der Waals surface area (Å²) in [6, 6.07) is 13.7. The Morgan fingerprint density at radius 3 is 2.00 bits per heavy atom. The number of nitrogens with one attached hydrogen (secondary N) is 1. The van der Waals surface area contributed by atoms with Crippen LogP contribution in [0, 0.1) is 22.0 Å². The number of hydrogen-bond acceptors (Lipinski definition) is 4. The molecular weight excluding hydrogens is 406 g/mol. The van der Waals surface area contributed by atoms with E-state index < -0.39 is 33.9 Å². The molecule has 2 aromatic rings. The Bertz CT molecular complexity index is 1040. The Kier molecular flexibility index (Phi) is 7.42. The number of nitrogens with zero attached hydrogens (tertiary/aromatic N) is 2. The van der Waals surface area contributed by atoms with E-state index in [1.807, 2.05) is 59.7 Å². The molecule has 32 heavy (non-hydrogen) atoms. The summed E-state index contributed by atoms with van der Waals surface area (Å²) >= 11 is 0. The van der Waals surface area contributed by atoms with Gasteiger partial charge in [0.25, 0.3) is 11.6 Å².